The number of amides is 1. The molecule has 1 aromatic rings. The molecule has 0 aliphatic rings. The fourth-order valence-corrected chi connectivity index (χ4v) is 1.61. The maximum Gasteiger partial charge on any atom is 0.221 e. The van der Waals surface area contributed by atoms with Crippen molar-refractivity contribution in [3.8, 4) is 0 Å². The molecule has 0 radical (unpaired) electrons. The maximum atomic E-state index is 13.0. The molecule has 0 spiro atoms. The van der Waals surface area contributed by atoms with Gasteiger partial charge in [0.15, 0.2) is 0 Å². The van der Waals surface area contributed by atoms with Gasteiger partial charge in [-0.15, -0.1) is 0 Å². The van der Waals surface area contributed by atoms with Crippen LogP contribution in [0.1, 0.15) is 24.9 Å². The van der Waals surface area contributed by atoms with Gasteiger partial charge in [-0.2, -0.15) is 0 Å². The lowest BCUT2D eigenvalue weighted by molar-refractivity contribution is -0.121. The second kappa shape index (κ2) is 6.57. The van der Waals surface area contributed by atoms with Gasteiger partial charge in [-0.05, 0) is 31.7 Å². The van der Waals surface area contributed by atoms with Crippen LogP contribution in [0.2, 0.25) is 5.02 Å². The third-order valence-electron chi connectivity index (χ3n) is 2.42. The molecule has 1 amide bonds. The molecule has 1 rings (SSSR count). The molecule has 1 unspecified atom stereocenters. The highest BCUT2D eigenvalue weighted by molar-refractivity contribution is 6.30. The van der Waals surface area contributed by atoms with Gasteiger partial charge < -0.3 is 10.6 Å². The predicted octanol–water partition coefficient (Wildman–Crippen LogP) is 2.27. The first-order valence-electron chi connectivity index (χ1n) is 5.43. The third kappa shape index (κ3) is 4.32. The average molecular weight is 259 g/mol. The molecule has 94 valence electrons. The number of hydrogen-bond donors (Lipinski definition) is 2. The van der Waals surface area contributed by atoms with Gasteiger partial charge >= 0.3 is 0 Å². The molecule has 0 saturated heterocycles. The minimum absolute atomic E-state index is 0.0488. The molecule has 2 N–H and O–H groups in total. The zero-order valence-corrected chi connectivity index (χ0v) is 10.6. The average Bonchev–Trinajstić information content (AvgIpc) is 2.30. The van der Waals surface area contributed by atoms with Gasteiger partial charge in [-0.25, -0.2) is 4.39 Å². The number of carbonyl (C=O) groups excluding carboxylic acids is 1. The predicted molar refractivity (Wildman–Crippen MR) is 66.5 cm³/mol. The number of halogens is 2. The highest BCUT2D eigenvalue weighted by atomic mass is 35.5. The van der Waals surface area contributed by atoms with Crippen molar-refractivity contribution in [3.05, 3.63) is 34.6 Å². The molecular weight excluding hydrogens is 243 g/mol. The van der Waals surface area contributed by atoms with E-state index in [4.69, 9.17) is 11.6 Å². The summed E-state index contributed by atoms with van der Waals surface area (Å²) in [4.78, 5) is 11.5. The first-order chi connectivity index (χ1) is 8.04. The molecule has 0 aliphatic carbocycles. The summed E-state index contributed by atoms with van der Waals surface area (Å²) in [6.45, 7) is 2.46. The third-order valence-corrected chi connectivity index (χ3v) is 2.71. The van der Waals surface area contributed by atoms with E-state index >= 15 is 0 Å². The summed E-state index contributed by atoms with van der Waals surface area (Å²) in [6.07, 6.45) is 0.412. The zero-order chi connectivity index (χ0) is 12.8. The molecule has 3 nitrogen and oxygen atoms in total. The number of carbonyl (C=O) groups is 1. The van der Waals surface area contributed by atoms with E-state index in [0.29, 0.717) is 13.0 Å². The molecule has 0 aliphatic heterocycles. The molecule has 1 aromatic carbocycles. The molecule has 5 heteroatoms. The SMILES string of the molecule is CNCCC(=O)NC(C)c1ccc(F)c(Cl)c1. The van der Waals surface area contributed by atoms with Gasteiger partial charge in [0.1, 0.15) is 5.82 Å². The van der Waals surface area contributed by atoms with E-state index in [9.17, 15) is 9.18 Å². The van der Waals surface area contributed by atoms with Crippen LogP contribution in [0.25, 0.3) is 0 Å². The molecule has 0 fully saturated rings. The quantitative estimate of drug-likeness (QED) is 0.851. The second-order valence-corrected chi connectivity index (χ2v) is 4.22. The van der Waals surface area contributed by atoms with Crippen molar-refractivity contribution in [2.45, 2.75) is 19.4 Å². The molecular formula is C12H16ClFN2O. The lowest BCUT2D eigenvalue weighted by atomic mass is 10.1. The Labute approximate surface area is 105 Å². The summed E-state index contributed by atoms with van der Waals surface area (Å²) in [5.41, 5.74) is 0.786. The van der Waals surface area contributed by atoms with E-state index in [1.165, 1.54) is 12.1 Å². The van der Waals surface area contributed by atoms with E-state index < -0.39 is 5.82 Å². The molecule has 0 aromatic heterocycles. The molecule has 17 heavy (non-hydrogen) atoms. The van der Waals surface area contributed by atoms with E-state index in [2.05, 4.69) is 10.6 Å². The summed E-state index contributed by atoms with van der Waals surface area (Å²) < 4.78 is 13.0. The normalized spacial score (nSPS) is 12.2. The van der Waals surface area contributed by atoms with Gasteiger partial charge in [0.05, 0.1) is 11.1 Å². The monoisotopic (exact) mass is 258 g/mol. The van der Waals surface area contributed by atoms with Crippen molar-refractivity contribution >= 4 is 17.5 Å². The van der Waals surface area contributed by atoms with Gasteiger partial charge in [-0.1, -0.05) is 17.7 Å². The fraction of sp³-hybridized carbons (Fsp3) is 0.417. The Balaban J connectivity index is 2.60. The van der Waals surface area contributed by atoms with Crippen LogP contribution >= 0.6 is 11.6 Å². The number of benzene rings is 1. The summed E-state index contributed by atoms with van der Waals surface area (Å²) in [5.74, 6) is -0.503. The smallest absolute Gasteiger partial charge is 0.221 e. The van der Waals surface area contributed by atoms with Crippen LogP contribution in [0.3, 0.4) is 0 Å². The highest BCUT2D eigenvalue weighted by Crippen LogP contribution is 2.20. The van der Waals surface area contributed by atoms with Crippen LogP contribution in [-0.2, 0) is 4.79 Å². The number of hydrogen-bond acceptors (Lipinski definition) is 2. The summed E-state index contributed by atoms with van der Waals surface area (Å²) in [6, 6.07) is 4.26. The number of nitrogens with one attached hydrogen (secondary N) is 2. The van der Waals surface area contributed by atoms with Crippen LogP contribution < -0.4 is 10.6 Å². The van der Waals surface area contributed by atoms with Gasteiger partial charge in [-0.3, -0.25) is 4.79 Å². The van der Waals surface area contributed by atoms with Gasteiger partial charge in [0.2, 0.25) is 5.91 Å². The van der Waals surface area contributed by atoms with Crippen molar-refractivity contribution < 1.29 is 9.18 Å². The van der Waals surface area contributed by atoms with Crippen molar-refractivity contribution in [1.29, 1.82) is 0 Å². The second-order valence-electron chi connectivity index (χ2n) is 3.82. The molecule has 0 saturated carbocycles. The van der Waals surface area contributed by atoms with E-state index in [-0.39, 0.29) is 17.0 Å². The Morgan fingerprint density at radius 1 is 1.53 bits per heavy atom. The Kier molecular flexibility index (Phi) is 5.38. The lowest BCUT2D eigenvalue weighted by Gasteiger charge is -2.14. The fourth-order valence-electron chi connectivity index (χ4n) is 1.42. The summed E-state index contributed by atoms with van der Waals surface area (Å²) >= 11 is 5.68. The Morgan fingerprint density at radius 2 is 2.24 bits per heavy atom. The largest absolute Gasteiger partial charge is 0.350 e. The van der Waals surface area contributed by atoms with E-state index in [1.807, 2.05) is 6.92 Å². The number of rotatable bonds is 5. The van der Waals surface area contributed by atoms with Crippen molar-refractivity contribution in [3.63, 3.8) is 0 Å². The van der Waals surface area contributed by atoms with Crippen molar-refractivity contribution in [2.75, 3.05) is 13.6 Å². The first kappa shape index (κ1) is 13.9. The summed E-state index contributed by atoms with van der Waals surface area (Å²) in [7, 11) is 1.79. The molecule has 0 heterocycles. The van der Waals surface area contributed by atoms with Crippen LogP contribution in [0.15, 0.2) is 18.2 Å². The van der Waals surface area contributed by atoms with Crippen LogP contribution in [0, 0.1) is 5.82 Å². The van der Waals surface area contributed by atoms with Gasteiger partial charge in [0.25, 0.3) is 0 Å². The molecule has 1 atom stereocenters. The Hall–Kier alpha value is -1.13. The Morgan fingerprint density at radius 3 is 2.82 bits per heavy atom. The standard InChI is InChI=1S/C12H16ClFN2O/c1-8(16-12(17)5-6-15-2)9-3-4-11(14)10(13)7-9/h3-4,7-8,15H,5-6H2,1-2H3,(H,16,17). The lowest BCUT2D eigenvalue weighted by Crippen LogP contribution is -2.29. The minimum atomic E-state index is -0.455. The zero-order valence-electron chi connectivity index (χ0n) is 9.89. The minimum Gasteiger partial charge on any atom is -0.350 e. The van der Waals surface area contributed by atoms with Crippen LogP contribution in [0.4, 0.5) is 4.39 Å². The summed E-state index contributed by atoms with van der Waals surface area (Å²) in [5, 5.41) is 5.78. The topological polar surface area (TPSA) is 41.1 Å². The highest BCUT2D eigenvalue weighted by Gasteiger charge is 2.10. The maximum absolute atomic E-state index is 13.0. The van der Waals surface area contributed by atoms with Crippen LogP contribution in [0.5, 0.6) is 0 Å². The first-order valence-corrected chi connectivity index (χ1v) is 5.81. The van der Waals surface area contributed by atoms with E-state index in [1.54, 1.807) is 13.1 Å². The van der Waals surface area contributed by atoms with Crippen LogP contribution in [-0.4, -0.2) is 19.5 Å². The molecule has 0 bridgehead atoms. The van der Waals surface area contributed by atoms with Crippen molar-refractivity contribution in [2.24, 2.45) is 0 Å². The van der Waals surface area contributed by atoms with E-state index in [0.717, 1.165) is 5.56 Å². The Bertz CT molecular complexity index is 398. The van der Waals surface area contributed by atoms with Gasteiger partial charge in [0, 0.05) is 13.0 Å². The van der Waals surface area contributed by atoms with Crippen molar-refractivity contribution in [1.82, 2.24) is 10.6 Å².